The number of nitrogens with one attached hydrogen (secondary N) is 1. The van der Waals surface area contributed by atoms with E-state index in [1.807, 2.05) is 0 Å². The quantitative estimate of drug-likeness (QED) is 0.596. The van der Waals surface area contributed by atoms with Gasteiger partial charge >= 0.3 is 0 Å². The summed E-state index contributed by atoms with van der Waals surface area (Å²) in [4.78, 5) is 6.28. The van der Waals surface area contributed by atoms with Crippen LogP contribution in [-0.4, -0.2) is 44.5 Å². The molecule has 0 saturated heterocycles. The fourth-order valence-electron chi connectivity index (χ4n) is 0.979. The molecule has 1 aliphatic rings. The van der Waals surface area contributed by atoms with E-state index in [0.717, 1.165) is 13.1 Å². The molecule has 0 aliphatic carbocycles. The summed E-state index contributed by atoms with van der Waals surface area (Å²) in [5, 5.41) is 3.19. The maximum absolute atomic E-state index is 4.09. The smallest absolute Gasteiger partial charge is 0.0827 e. The second kappa shape index (κ2) is 3.56. The van der Waals surface area contributed by atoms with Gasteiger partial charge < -0.3 is 10.2 Å². The highest BCUT2D eigenvalue weighted by atomic mass is 15.1. The van der Waals surface area contributed by atoms with Crippen LogP contribution in [0.1, 0.15) is 6.42 Å². The summed E-state index contributed by atoms with van der Waals surface area (Å²) in [7, 11) is 4.19. The van der Waals surface area contributed by atoms with E-state index >= 15 is 0 Å². The predicted octanol–water partition coefficient (Wildman–Crippen LogP) is -0.0618. The van der Waals surface area contributed by atoms with E-state index in [2.05, 4.69) is 29.3 Å². The molecule has 0 aromatic rings. The van der Waals surface area contributed by atoms with Crippen LogP contribution >= 0.6 is 0 Å². The lowest BCUT2D eigenvalue weighted by Gasteiger charge is -2.13. The average Bonchev–Trinajstić information content (AvgIpc) is 2.34. The summed E-state index contributed by atoms with van der Waals surface area (Å²) in [6.07, 6.45) is 2.99. The fraction of sp³-hybridized carbons (Fsp3) is 0.857. The predicted molar refractivity (Wildman–Crippen MR) is 43.5 cm³/mol. The van der Waals surface area contributed by atoms with Crippen molar-refractivity contribution in [2.75, 3.05) is 27.2 Å². The zero-order valence-corrected chi connectivity index (χ0v) is 6.67. The molecule has 0 fully saturated rings. The third-order valence-electron chi connectivity index (χ3n) is 1.65. The Morgan fingerprint density at radius 1 is 1.70 bits per heavy atom. The summed E-state index contributed by atoms with van der Waals surface area (Å²) >= 11 is 0. The van der Waals surface area contributed by atoms with Crippen LogP contribution in [0.2, 0.25) is 0 Å². The lowest BCUT2D eigenvalue weighted by atomic mass is 10.2. The van der Waals surface area contributed by atoms with Gasteiger partial charge in [0.05, 0.1) is 12.9 Å². The van der Waals surface area contributed by atoms with E-state index in [1.54, 1.807) is 6.34 Å². The zero-order chi connectivity index (χ0) is 7.40. The van der Waals surface area contributed by atoms with Gasteiger partial charge in [0.2, 0.25) is 0 Å². The van der Waals surface area contributed by atoms with Crippen LogP contribution in [0, 0.1) is 0 Å². The maximum atomic E-state index is 4.09. The highest BCUT2D eigenvalue weighted by Gasteiger charge is 2.08. The third-order valence-corrected chi connectivity index (χ3v) is 1.65. The summed E-state index contributed by atoms with van der Waals surface area (Å²) in [5.41, 5.74) is 0. The molecule has 0 unspecified atom stereocenters. The molecule has 1 N–H and O–H groups in total. The van der Waals surface area contributed by atoms with Crippen LogP contribution in [0.15, 0.2) is 4.99 Å². The lowest BCUT2D eigenvalue weighted by molar-refractivity contribution is 0.378. The molecule has 0 aromatic carbocycles. The van der Waals surface area contributed by atoms with E-state index in [4.69, 9.17) is 0 Å². The summed E-state index contributed by atoms with van der Waals surface area (Å²) in [6, 6.07) is 0.586. The molecular formula is C7H15N3. The Hall–Kier alpha value is -0.570. The van der Waals surface area contributed by atoms with Gasteiger partial charge in [-0.05, 0) is 27.1 Å². The molecular weight excluding hydrogens is 126 g/mol. The van der Waals surface area contributed by atoms with E-state index in [9.17, 15) is 0 Å². The van der Waals surface area contributed by atoms with Crippen LogP contribution in [0.3, 0.4) is 0 Å². The summed E-state index contributed by atoms with van der Waals surface area (Å²) in [6.45, 7) is 2.09. The van der Waals surface area contributed by atoms with Crippen LogP contribution in [0.5, 0.6) is 0 Å². The van der Waals surface area contributed by atoms with Crippen molar-refractivity contribution >= 4 is 6.34 Å². The Balaban J connectivity index is 2.03. The normalized spacial score (nSPS) is 23.7. The molecule has 1 aliphatic heterocycles. The molecule has 3 nitrogen and oxygen atoms in total. The summed E-state index contributed by atoms with van der Waals surface area (Å²) in [5.74, 6) is 0. The first-order chi connectivity index (χ1) is 4.79. The summed E-state index contributed by atoms with van der Waals surface area (Å²) < 4.78 is 0. The van der Waals surface area contributed by atoms with Crippen LogP contribution in [-0.2, 0) is 0 Å². The highest BCUT2D eigenvalue weighted by Crippen LogP contribution is 1.96. The highest BCUT2D eigenvalue weighted by molar-refractivity contribution is 5.57. The van der Waals surface area contributed by atoms with E-state index in [0.29, 0.717) is 6.04 Å². The molecule has 58 valence electrons. The average molecular weight is 141 g/mol. The first-order valence-corrected chi connectivity index (χ1v) is 3.68. The Morgan fingerprint density at radius 2 is 2.50 bits per heavy atom. The molecule has 0 radical (unpaired) electrons. The molecule has 0 aromatic heterocycles. The van der Waals surface area contributed by atoms with Crippen LogP contribution in [0.25, 0.3) is 0 Å². The fourth-order valence-corrected chi connectivity index (χ4v) is 0.979. The van der Waals surface area contributed by atoms with Crippen molar-refractivity contribution in [3.63, 3.8) is 0 Å². The van der Waals surface area contributed by atoms with Crippen LogP contribution in [0.4, 0.5) is 0 Å². The van der Waals surface area contributed by atoms with Gasteiger partial charge in [-0.1, -0.05) is 0 Å². The number of hydrogen-bond donors (Lipinski definition) is 1. The molecule has 3 heteroatoms. The number of nitrogens with zero attached hydrogens (tertiary/aromatic N) is 2. The van der Waals surface area contributed by atoms with Gasteiger partial charge in [-0.15, -0.1) is 0 Å². The Labute approximate surface area is 62.1 Å². The largest absolute Gasteiger partial charge is 0.372 e. The molecule has 0 amide bonds. The standard InChI is InChI=1S/C7H15N3/c1-10(2)4-3-7-5-8-6-9-7/h6-7H,3-5H2,1-2H3,(H,8,9)/t7-/m0/s1. The second-order valence-electron chi connectivity index (χ2n) is 2.95. The van der Waals surface area contributed by atoms with Crippen molar-refractivity contribution in [2.24, 2.45) is 4.99 Å². The molecule has 0 spiro atoms. The number of hydrogen-bond acceptors (Lipinski definition) is 3. The first-order valence-electron chi connectivity index (χ1n) is 3.68. The minimum atomic E-state index is 0.586. The molecule has 1 heterocycles. The van der Waals surface area contributed by atoms with E-state index in [-0.39, 0.29) is 0 Å². The number of aliphatic imine (C=N–C) groups is 1. The maximum Gasteiger partial charge on any atom is 0.0827 e. The van der Waals surface area contributed by atoms with E-state index in [1.165, 1.54) is 6.42 Å². The van der Waals surface area contributed by atoms with Crippen molar-refractivity contribution in [2.45, 2.75) is 12.5 Å². The Bertz CT molecular complexity index is 112. The van der Waals surface area contributed by atoms with Gasteiger partial charge in [-0.25, -0.2) is 0 Å². The van der Waals surface area contributed by atoms with Gasteiger partial charge in [0.25, 0.3) is 0 Å². The second-order valence-corrected chi connectivity index (χ2v) is 2.95. The van der Waals surface area contributed by atoms with Gasteiger partial charge in [0.1, 0.15) is 0 Å². The molecule has 0 saturated carbocycles. The third kappa shape index (κ3) is 2.35. The van der Waals surface area contributed by atoms with Crippen molar-refractivity contribution in [3.8, 4) is 0 Å². The van der Waals surface area contributed by atoms with Crippen molar-refractivity contribution in [1.82, 2.24) is 10.2 Å². The van der Waals surface area contributed by atoms with Crippen molar-refractivity contribution in [3.05, 3.63) is 0 Å². The van der Waals surface area contributed by atoms with Crippen molar-refractivity contribution < 1.29 is 0 Å². The molecule has 10 heavy (non-hydrogen) atoms. The zero-order valence-electron chi connectivity index (χ0n) is 6.67. The monoisotopic (exact) mass is 141 g/mol. The lowest BCUT2D eigenvalue weighted by Crippen LogP contribution is -2.29. The Morgan fingerprint density at radius 3 is 3.00 bits per heavy atom. The van der Waals surface area contributed by atoms with Gasteiger partial charge in [-0.2, -0.15) is 0 Å². The van der Waals surface area contributed by atoms with Gasteiger partial charge in [0, 0.05) is 6.04 Å². The first kappa shape index (κ1) is 7.54. The minimum absolute atomic E-state index is 0.586. The molecule has 0 bridgehead atoms. The Kier molecular flexibility index (Phi) is 2.68. The molecule has 1 atom stereocenters. The van der Waals surface area contributed by atoms with Gasteiger partial charge in [0.15, 0.2) is 0 Å². The van der Waals surface area contributed by atoms with E-state index < -0.39 is 0 Å². The molecule has 1 rings (SSSR count). The topological polar surface area (TPSA) is 27.6 Å². The number of rotatable bonds is 3. The van der Waals surface area contributed by atoms with Crippen LogP contribution < -0.4 is 5.32 Å². The SMILES string of the molecule is CN(C)CC[C@H]1CN=CN1. The van der Waals surface area contributed by atoms with Crippen molar-refractivity contribution in [1.29, 1.82) is 0 Å². The van der Waals surface area contributed by atoms with Gasteiger partial charge in [-0.3, -0.25) is 4.99 Å². The minimum Gasteiger partial charge on any atom is -0.372 e.